The second-order valence-corrected chi connectivity index (χ2v) is 6.98. The molecule has 0 radical (unpaired) electrons. The number of methoxy groups -OCH3 is 1. The van der Waals surface area contributed by atoms with Gasteiger partial charge in [-0.3, -0.25) is 9.59 Å². The number of hydrazone groups is 1. The van der Waals surface area contributed by atoms with Crippen LogP contribution in [0.5, 0.6) is 11.5 Å². The van der Waals surface area contributed by atoms with Gasteiger partial charge in [0.15, 0.2) is 11.5 Å². The third-order valence-corrected chi connectivity index (χ3v) is 4.58. The maximum atomic E-state index is 13.7. The Bertz CT molecular complexity index is 1200. The summed E-state index contributed by atoms with van der Waals surface area (Å²) < 4.78 is 37.8. The van der Waals surface area contributed by atoms with E-state index in [0.717, 1.165) is 6.07 Å². The molecular weight excluding hydrogens is 456 g/mol. The van der Waals surface area contributed by atoms with Crippen molar-refractivity contribution in [3.63, 3.8) is 0 Å². The van der Waals surface area contributed by atoms with E-state index in [9.17, 15) is 18.4 Å². The largest absolute Gasteiger partial charge is 0.493 e. The topological polar surface area (TPSA) is 89.0 Å². The highest BCUT2D eigenvalue weighted by molar-refractivity contribution is 6.39. The summed E-state index contributed by atoms with van der Waals surface area (Å²) in [4.78, 5) is 23.8. The first-order valence-corrected chi connectivity index (χ1v) is 9.89. The standard InChI is InChI=1S/C23H18ClF2N3O4/c1-32-21-10-14(6-9-20(21)33-13-15-4-2-3-5-18(15)25)12-27-29-23(31)22(30)28-16-7-8-19(26)17(24)11-16/h2-12H,13H2,1H3,(H,28,30)(H,29,31)/b27-12+. The first-order valence-electron chi connectivity index (χ1n) is 9.51. The summed E-state index contributed by atoms with van der Waals surface area (Å²) in [5.74, 6) is -2.31. The van der Waals surface area contributed by atoms with Crippen molar-refractivity contribution >= 4 is 35.3 Å². The number of ether oxygens (including phenoxy) is 2. The van der Waals surface area contributed by atoms with Crippen LogP contribution in [0.2, 0.25) is 5.02 Å². The summed E-state index contributed by atoms with van der Waals surface area (Å²) in [5, 5.41) is 5.81. The normalized spacial score (nSPS) is 10.7. The quantitative estimate of drug-likeness (QED) is 0.304. The number of halogens is 3. The molecule has 0 aliphatic rings. The number of anilines is 1. The zero-order valence-electron chi connectivity index (χ0n) is 17.3. The van der Waals surface area contributed by atoms with Gasteiger partial charge >= 0.3 is 11.8 Å². The van der Waals surface area contributed by atoms with Crippen LogP contribution in [0.25, 0.3) is 0 Å². The van der Waals surface area contributed by atoms with E-state index in [4.69, 9.17) is 21.1 Å². The van der Waals surface area contributed by atoms with E-state index < -0.39 is 17.6 Å². The lowest BCUT2D eigenvalue weighted by Gasteiger charge is -2.11. The van der Waals surface area contributed by atoms with Crippen molar-refractivity contribution in [2.75, 3.05) is 12.4 Å². The Labute approximate surface area is 193 Å². The van der Waals surface area contributed by atoms with E-state index in [1.54, 1.807) is 36.4 Å². The summed E-state index contributed by atoms with van der Waals surface area (Å²) in [6.45, 7) is 0.0148. The second kappa shape index (κ2) is 11.1. The van der Waals surface area contributed by atoms with Crippen LogP contribution in [0.1, 0.15) is 11.1 Å². The van der Waals surface area contributed by atoms with E-state index >= 15 is 0 Å². The predicted molar refractivity (Wildman–Crippen MR) is 120 cm³/mol. The molecule has 10 heteroatoms. The summed E-state index contributed by atoms with van der Waals surface area (Å²) >= 11 is 5.64. The molecular formula is C23H18ClF2N3O4. The number of carbonyl (C=O) groups is 2. The van der Waals surface area contributed by atoms with Gasteiger partial charge in [0.1, 0.15) is 18.2 Å². The van der Waals surface area contributed by atoms with Gasteiger partial charge in [0, 0.05) is 11.3 Å². The van der Waals surface area contributed by atoms with Crippen molar-refractivity contribution in [1.29, 1.82) is 0 Å². The van der Waals surface area contributed by atoms with Crippen molar-refractivity contribution in [3.8, 4) is 11.5 Å². The minimum atomic E-state index is -1.04. The van der Waals surface area contributed by atoms with Crippen LogP contribution >= 0.6 is 11.6 Å². The van der Waals surface area contributed by atoms with Gasteiger partial charge in [-0.1, -0.05) is 29.8 Å². The molecule has 0 unspecified atom stereocenters. The number of hydrogen-bond acceptors (Lipinski definition) is 5. The molecule has 0 bridgehead atoms. The number of nitrogens with one attached hydrogen (secondary N) is 2. The minimum Gasteiger partial charge on any atom is -0.493 e. The molecule has 0 aliphatic carbocycles. The van der Waals surface area contributed by atoms with Crippen LogP contribution in [0.4, 0.5) is 14.5 Å². The zero-order chi connectivity index (χ0) is 23.8. The molecule has 3 rings (SSSR count). The van der Waals surface area contributed by atoms with Crippen LogP contribution < -0.4 is 20.2 Å². The Hall–Kier alpha value is -3.98. The van der Waals surface area contributed by atoms with Gasteiger partial charge in [-0.15, -0.1) is 0 Å². The molecule has 0 saturated carbocycles. The van der Waals surface area contributed by atoms with E-state index in [1.165, 1.54) is 31.5 Å². The van der Waals surface area contributed by atoms with Crippen molar-refractivity contribution in [2.45, 2.75) is 6.61 Å². The lowest BCUT2D eigenvalue weighted by Crippen LogP contribution is -2.32. The molecule has 0 heterocycles. The van der Waals surface area contributed by atoms with E-state index in [1.807, 2.05) is 0 Å². The molecule has 0 aromatic heterocycles. The zero-order valence-corrected chi connectivity index (χ0v) is 18.0. The van der Waals surface area contributed by atoms with Gasteiger partial charge in [-0.2, -0.15) is 5.10 Å². The number of benzene rings is 3. The van der Waals surface area contributed by atoms with Crippen LogP contribution in [0.15, 0.2) is 65.8 Å². The number of nitrogens with zero attached hydrogens (tertiary/aromatic N) is 1. The van der Waals surface area contributed by atoms with Crippen molar-refractivity contribution in [1.82, 2.24) is 5.43 Å². The minimum absolute atomic E-state index is 0.0148. The molecule has 2 amide bonds. The second-order valence-electron chi connectivity index (χ2n) is 6.57. The third-order valence-electron chi connectivity index (χ3n) is 4.29. The Balaban J connectivity index is 1.57. The molecule has 0 saturated heterocycles. The predicted octanol–water partition coefficient (Wildman–Crippen LogP) is 4.29. The molecule has 33 heavy (non-hydrogen) atoms. The Morgan fingerprint density at radius 3 is 2.52 bits per heavy atom. The average molecular weight is 474 g/mol. The van der Waals surface area contributed by atoms with Gasteiger partial charge in [0.25, 0.3) is 0 Å². The molecule has 3 aromatic rings. The van der Waals surface area contributed by atoms with Gasteiger partial charge in [-0.05, 0) is 48.0 Å². The molecule has 3 aromatic carbocycles. The molecule has 2 N–H and O–H groups in total. The molecule has 0 aliphatic heterocycles. The van der Waals surface area contributed by atoms with E-state index in [0.29, 0.717) is 22.6 Å². The third kappa shape index (κ3) is 6.50. The molecule has 0 atom stereocenters. The monoisotopic (exact) mass is 473 g/mol. The van der Waals surface area contributed by atoms with Crippen molar-refractivity contribution < 1.29 is 27.8 Å². The first-order chi connectivity index (χ1) is 15.9. The first kappa shape index (κ1) is 23.7. The van der Waals surface area contributed by atoms with E-state index in [2.05, 4.69) is 15.8 Å². The summed E-state index contributed by atoms with van der Waals surface area (Å²) in [6.07, 6.45) is 1.29. The smallest absolute Gasteiger partial charge is 0.329 e. The van der Waals surface area contributed by atoms with Crippen molar-refractivity contribution in [3.05, 3.63) is 88.4 Å². The maximum absolute atomic E-state index is 13.7. The Morgan fingerprint density at radius 1 is 1.00 bits per heavy atom. The highest BCUT2D eigenvalue weighted by atomic mass is 35.5. The lowest BCUT2D eigenvalue weighted by molar-refractivity contribution is -0.136. The number of hydrogen-bond donors (Lipinski definition) is 2. The van der Waals surface area contributed by atoms with E-state index in [-0.39, 0.29) is 23.1 Å². The fourth-order valence-electron chi connectivity index (χ4n) is 2.63. The van der Waals surface area contributed by atoms with Gasteiger partial charge < -0.3 is 14.8 Å². The fraction of sp³-hybridized carbons (Fsp3) is 0.0870. The Morgan fingerprint density at radius 2 is 1.79 bits per heavy atom. The number of rotatable bonds is 7. The van der Waals surface area contributed by atoms with Crippen LogP contribution in [0, 0.1) is 11.6 Å². The number of carbonyl (C=O) groups excluding carboxylic acids is 2. The van der Waals surface area contributed by atoms with Crippen LogP contribution in [-0.2, 0) is 16.2 Å². The summed E-state index contributed by atoms with van der Waals surface area (Å²) in [7, 11) is 1.44. The van der Waals surface area contributed by atoms with Crippen molar-refractivity contribution in [2.24, 2.45) is 5.10 Å². The molecule has 0 fully saturated rings. The molecule has 7 nitrogen and oxygen atoms in total. The maximum Gasteiger partial charge on any atom is 0.329 e. The van der Waals surface area contributed by atoms with Gasteiger partial charge in [0.05, 0.1) is 18.3 Å². The van der Waals surface area contributed by atoms with Gasteiger partial charge in [-0.25, -0.2) is 14.2 Å². The highest BCUT2D eigenvalue weighted by Crippen LogP contribution is 2.28. The van der Waals surface area contributed by atoms with Crippen LogP contribution in [0.3, 0.4) is 0 Å². The molecule has 170 valence electrons. The van der Waals surface area contributed by atoms with Gasteiger partial charge in [0.2, 0.25) is 0 Å². The summed E-state index contributed by atoms with van der Waals surface area (Å²) in [6, 6.07) is 14.6. The lowest BCUT2D eigenvalue weighted by atomic mass is 10.2. The fourth-order valence-corrected chi connectivity index (χ4v) is 2.81. The summed E-state index contributed by atoms with van der Waals surface area (Å²) in [5.41, 5.74) is 3.17. The Kier molecular flexibility index (Phi) is 7.93. The highest BCUT2D eigenvalue weighted by Gasteiger charge is 2.14. The van der Waals surface area contributed by atoms with Crippen LogP contribution in [-0.4, -0.2) is 25.1 Å². The molecule has 0 spiro atoms. The number of amides is 2. The SMILES string of the molecule is COc1cc(/C=N/NC(=O)C(=O)Nc2ccc(F)c(Cl)c2)ccc1OCc1ccccc1F. The average Bonchev–Trinajstić information content (AvgIpc) is 2.81.